The molecule has 0 aromatic carbocycles. The number of nitrogen functional groups attached to an aromatic ring is 1. The third-order valence-electron chi connectivity index (χ3n) is 2.25. The second kappa shape index (κ2) is 5.78. The van der Waals surface area contributed by atoms with Crippen LogP contribution in [0.2, 0.25) is 0 Å². The summed E-state index contributed by atoms with van der Waals surface area (Å²) >= 11 is 0. The van der Waals surface area contributed by atoms with E-state index in [2.05, 4.69) is 10.3 Å². The lowest BCUT2D eigenvalue weighted by Gasteiger charge is -2.11. The molecule has 8 heteroatoms. The average Bonchev–Trinajstić information content (AvgIpc) is 2.28. The van der Waals surface area contributed by atoms with E-state index in [9.17, 15) is 13.2 Å². The molecule has 1 aromatic rings. The molecule has 0 aliphatic carbocycles. The number of nitrogens with two attached hydrogens (primary N) is 1. The van der Waals surface area contributed by atoms with Gasteiger partial charge in [0.1, 0.15) is 5.82 Å². The van der Waals surface area contributed by atoms with Crippen molar-refractivity contribution in [2.24, 2.45) is 0 Å². The van der Waals surface area contributed by atoms with E-state index in [1.165, 1.54) is 32.4 Å². The summed E-state index contributed by atoms with van der Waals surface area (Å²) in [5.41, 5.74) is 5.79. The maximum absolute atomic E-state index is 11.6. The largest absolute Gasteiger partial charge is 0.384 e. The van der Waals surface area contributed by atoms with Crippen molar-refractivity contribution in [2.45, 2.75) is 0 Å². The lowest BCUT2D eigenvalue weighted by Crippen LogP contribution is -2.33. The van der Waals surface area contributed by atoms with Crippen LogP contribution in [0.25, 0.3) is 0 Å². The number of hydrogen-bond donors (Lipinski definition) is 2. The van der Waals surface area contributed by atoms with Crippen LogP contribution in [0.4, 0.5) is 5.82 Å². The molecule has 0 aliphatic heterocycles. The van der Waals surface area contributed by atoms with Gasteiger partial charge in [-0.05, 0) is 12.1 Å². The van der Waals surface area contributed by atoms with Gasteiger partial charge in [-0.3, -0.25) is 4.79 Å². The fraction of sp³-hybridized carbons (Fsp3) is 0.400. The zero-order valence-corrected chi connectivity index (χ0v) is 11.1. The summed E-state index contributed by atoms with van der Waals surface area (Å²) in [4.78, 5) is 15.4. The smallest absolute Gasteiger partial charge is 0.251 e. The second-order valence-electron chi connectivity index (χ2n) is 3.82. The number of nitrogens with zero attached hydrogens (tertiary/aromatic N) is 2. The highest BCUT2D eigenvalue weighted by Gasteiger charge is 2.14. The van der Waals surface area contributed by atoms with Crippen LogP contribution in [0.5, 0.6) is 0 Å². The molecule has 100 valence electrons. The van der Waals surface area contributed by atoms with E-state index in [1.54, 1.807) is 0 Å². The van der Waals surface area contributed by atoms with Gasteiger partial charge in [-0.2, -0.15) is 0 Å². The standard InChI is InChI=1S/C10H16N4O3S/c1-14(2)18(16,17)6-5-13-10(15)8-3-4-12-9(11)7-8/h3-4,7H,5-6H2,1-2H3,(H2,11,12)(H,13,15). The predicted molar refractivity (Wildman–Crippen MR) is 68.5 cm³/mol. The number of carbonyl (C=O) groups excluding carboxylic acids is 1. The molecule has 0 spiro atoms. The molecule has 1 heterocycles. The van der Waals surface area contributed by atoms with Crippen molar-refractivity contribution in [1.82, 2.24) is 14.6 Å². The molecule has 0 radical (unpaired) electrons. The molecule has 1 rings (SSSR count). The molecule has 0 saturated heterocycles. The molecule has 0 fully saturated rings. The van der Waals surface area contributed by atoms with Gasteiger partial charge in [-0.1, -0.05) is 0 Å². The van der Waals surface area contributed by atoms with Gasteiger partial charge in [-0.25, -0.2) is 17.7 Å². The Balaban J connectivity index is 2.53. The number of hydrogen-bond acceptors (Lipinski definition) is 5. The Morgan fingerprint density at radius 1 is 1.50 bits per heavy atom. The van der Waals surface area contributed by atoms with Gasteiger partial charge in [-0.15, -0.1) is 0 Å². The highest BCUT2D eigenvalue weighted by atomic mass is 32.2. The fourth-order valence-electron chi connectivity index (χ4n) is 1.17. The molecule has 0 atom stereocenters. The molecule has 18 heavy (non-hydrogen) atoms. The van der Waals surface area contributed by atoms with Crippen molar-refractivity contribution in [3.05, 3.63) is 23.9 Å². The van der Waals surface area contributed by atoms with E-state index in [-0.39, 0.29) is 24.0 Å². The summed E-state index contributed by atoms with van der Waals surface area (Å²) in [5.74, 6) is -0.284. The van der Waals surface area contributed by atoms with E-state index in [1.807, 2.05) is 0 Å². The minimum Gasteiger partial charge on any atom is -0.384 e. The van der Waals surface area contributed by atoms with Crippen molar-refractivity contribution in [3.8, 4) is 0 Å². The molecule has 1 amide bonds. The van der Waals surface area contributed by atoms with Crippen LogP contribution in [0.1, 0.15) is 10.4 Å². The fourth-order valence-corrected chi connectivity index (χ4v) is 1.89. The summed E-state index contributed by atoms with van der Waals surface area (Å²) in [6.07, 6.45) is 1.42. The van der Waals surface area contributed by atoms with Crippen molar-refractivity contribution in [2.75, 3.05) is 32.1 Å². The number of aromatic nitrogens is 1. The van der Waals surface area contributed by atoms with E-state index >= 15 is 0 Å². The Hall–Kier alpha value is -1.67. The third-order valence-corrected chi connectivity index (χ3v) is 4.08. The molecule has 0 aliphatic rings. The van der Waals surface area contributed by atoms with Crippen LogP contribution in [-0.4, -0.2) is 50.0 Å². The molecule has 7 nitrogen and oxygen atoms in total. The normalized spacial score (nSPS) is 11.5. The van der Waals surface area contributed by atoms with E-state index in [4.69, 9.17) is 5.73 Å². The van der Waals surface area contributed by atoms with Gasteiger partial charge in [0.25, 0.3) is 5.91 Å². The van der Waals surface area contributed by atoms with Crippen LogP contribution < -0.4 is 11.1 Å². The predicted octanol–water partition coefficient (Wildman–Crippen LogP) is -0.715. The quantitative estimate of drug-likeness (QED) is 0.736. The van der Waals surface area contributed by atoms with Gasteiger partial charge < -0.3 is 11.1 Å². The summed E-state index contributed by atoms with van der Waals surface area (Å²) in [7, 11) is -0.412. The van der Waals surface area contributed by atoms with Crippen molar-refractivity contribution in [1.29, 1.82) is 0 Å². The molecule has 3 N–H and O–H groups in total. The van der Waals surface area contributed by atoms with Crippen LogP contribution in [-0.2, 0) is 10.0 Å². The summed E-state index contributed by atoms with van der Waals surface area (Å²) in [6, 6.07) is 2.93. The Bertz CT molecular complexity index is 528. The third kappa shape index (κ3) is 3.97. The topological polar surface area (TPSA) is 105 Å². The second-order valence-corrected chi connectivity index (χ2v) is 6.13. The van der Waals surface area contributed by atoms with Gasteiger partial charge >= 0.3 is 0 Å². The lowest BCUT2D eigenvalue weighted by atomic mass is 10.2. The number of carbonyl (C=O) groups is 1. The Morgan fingerprint density at radius 3 is 2.72 bits per heavy atom. The molecule has 0 bridgehead atoms. The molecule has 0 unspecified atom stereocenters. The van der Waals surface area contributed by atoms with Crippen LogP contribution in [0.3, 0.4) is 0 Å². The maximum atomic E-state index is 11.6. The number of anilines is 1. The minimum atomic E-state index is -3.30. The van der Waals surface area contributed by atoms with Gasteiger partial charge in [0.05, 0.1) is 5.75 Å². The Kier molecular flexibility index (Phi) is 4.62. The Labute approximate surface area is 106 Å². The number of nitrogens with one attached hydrogen (secondary N) is 1. The van der Waals surface area contributed by atoms with Crippen LogP contribution in [0.15, 0.2) is 18.3 Å². The van der Waals surface area contributed by atoms with E-state index in [0.29, 0.717) is 5.56 Å². The van der Waals surface area contributed by atoms with Crippen LogP contribution >= 0.6 is 0 Å². The monoisotopic (exact) mass is 272 g/mol. The van der Waals surface area contributed by atoms with Crippen molar-refractivity contribution < 1.29 is 13.2 Å². The van der Waals surface area contributed by atoms with Crippen molar-refractivity contribution >= 4 is 21.7 Å². The summed E-state index contributed by atoms with van der Waals surface area (Å²) in [6.45, 7) is 0.0432. The Morgan fingerprint density at radius 2 is 2.17 bits per heavy atom. The highest BCUT2D eigenvalue weighted by molar-refractivity contribution is 7.89. The van der Waals surface area contributed by atoms with Crippen LogP contribution in [0, 0.1) is 0 Å². The van der Waals surface area contributed by atoms with Crippen molar-refractivity contribution in [3.63, 3.8) is 0 Å². The van der Waals surface area contributed by atoms with Gasteiger partial charge in [0, 0.05) is 32.4 Å². The molecule has 0 saturated carbocycles. The van der Waals surface area contributed by atoms with E-state index < -0.39 is 10.0 Å². The molecular weight excluding hydrogens is 256 g/mol. The number of pyridine rings is 1. The molecule has 1 aromatic heterocycles. The summed E-state index contributed by atoms with van der Waals surface area (Å²) in [5, 5.41) is 2.51. The minimum absolute atomic E-state index is 0.0432. The maximum Gasteiger partial charge on any atom is 0.251 e. The number of sulfonamides is 1. The zero-order valence-electron chi connectivity index (χ0n) is 10.3. The first-order valence-corrected chi connectivity index (χ1v) is 6.84. The molecular formula is C10H16N4O3S. The highest BCUT2D eigenvalue weighted by Crippen LogP contribution is 2.02. The summed E-state index contributed by atoms with van der Waals surface area (Å²) < 4.78 is 24.0. The van der Waals surface area contributed by atoms with Gasteiger partial charge in [0.2, 0.25) is 10.0 Å². The first-order chi connectivity index (χ1) is 8.33. The van der Waals surface area contributed by atoms with E-state index in [0.717, 1.165) is 4.31 Å². The first kappa shape index (κ1) is 14.4. The first-order valence-electron chi connectivity index (χ1n) is 5.23. The van der Waals surface area contributed by atoms with Gasteiger partial charge in [0.15, 0.2) is 0 Å². The number of amides is 1. The lowest BCUT2D eigenvalue weighted by molar-refractivity contribution is 0.0956. The zero-order chi connectivity index (χ0) is 13.8. The average molecular weight is 272 g/mol. The number of rotatable bonds is 5. The SMILES string of the molecule is CN(C)S(=O)(=O)CCNC(=O)c1ccnc(N)c1.